The van der Waals surface area contributed by atoms with Crippen LogP contribution >= 0.6 is 10.1 Å². The zero-order valence-electron chi connectivity index (χ0n) is 20.6. The zero-order chi connectivity index (χ0) is 23.8. The topological polar surface area (TPSA) is 6.48 Å². The Morgan fingerprint density at radius 2 is 1.00 bits per heavy atom. The smallest absolute Gasteiger partial charge is 0.0384 e. The summed E-state index contributed by atoms with van der Waals surface area (Å²) >= 11 is 3.66. The molecule has 189 valence electrons. The standard InChI is InChI=1S/C31H37N2.ClH.Cu/c1-3-11-22(12-4-1)28-19-24-15-7-9-17-26(24)30-31-27-18-10-8-16-25(27)20-29(33(31)21-32(28)30)23-13-5-2-6-14-23;;/h7-10,15-18,21-23,28-29H,1-6,11-14,19-20H2;1H;/q-1;;+2/p-1/t28-,29-;;/m0../s1. The molecule has 2 aliphatic carbocycles. The molecule has 0 radical (unpaired) electrons. The van der Waals surface area contributed by atoms with E-state index in [1.54, 1.807) is 11.1 Å². The molecular weight excluding hydrogens is 499 g/mol. The van der Waals surface area contributed by atoms with Crippen LogP contribution in [0.15, 0.2) is 48.5 Å². The van der Waals surface area contributed by atoms with Gasteiger partial charge in [-0.15, -0.1) is 0 Å². The fourth-order valence-corrected chi connectivity index (χ4v) is 7.86. The second-order valence-corrected chi connectivity index (χ2v) is 11.3. The van der Waals surface area contributed by atoms with Crippen LogP contribution in [0.3, 0.4) is 0 Å². The van der Waals surface area contributed by atoms with E-state index in [0.29, 0.717) is 12.1 Å². The van der Waals surface area contributed by atoms with Gasteiger partial charge in [0.25, 0.3) is 0 Å². The van der Waals surface area contributed by atoms with Gasteiger partial charge in [0.1, 0.15) is 0 Å². The number of nitrogens with zero attached hydrogens (tertiary/aromatic N) is 2. The fraction of sp³-hybridized carbons (Fsp3) is 0.516. The van der Waals surface area contributed by atoms with E-state index in [9.17, 15) is 0 Å². The third-order valence-corrected chi connectivity index (χ3v) is 9.50. The van der Waals surface area contributed by atoms with Gasteiger partial charge in [-0.1, -0.05) is 87.1 Å². The maximum absolute atomic E-state index is 4.20. The SMILES string of the molecule is [Cl][Cu+].c1ccc2c(c1)C[C@@H](C1CCCCC1)N1[CH-]N3C(=C21)c1ccccc1C[C@H]3C1CCCCC1. The van der Waals surface area contributed by atoms with Gasteiger partial charge in [0.05, 0.1) is 0 Å². The molecule has 2 fully saturated rings. The molecule has 0 bridgehead atoms. The average Bonchev–Trinajstić information content (AvgIpc) is 3.35. The van der Waals surface area contributed by atoms with Crippen molar-refractivity contribution in [2.75, 3.05) is 0 Å². The van der Waals surface area contributed by atoms with Crippen LogP contribution in [-0.4, -0.2) is 21.9 Å². The normalized spacial score (nSPS) is 26.4. The first kappa shape index (κ1) is 24.0. The van der Waals surface area contributed by atoms with Crippen molar-refractivity contribution in [3.8, 4) is 0 Å². The first-order chi connectivity index (χ1) is 17.4. The van der Waals surface area contributed by atoms with Gasteiger partial charge in [-0.05, 0) is 61.5 Å². The van der Waals surface area contributed by atoms with Crippen molar-refractivity contribution in [2.45, 2.75) is 89.1 Å². The molecule has 4 heteroatoms. The largest absolute Gasteiger partial charge is 0.498 e. The molecule has 2 nitrogen and oxygen atoms in total. The van der Waals surface area contributed by atoms with E-state index < -0.39 is 0 Å². The number of rotatable bonds is 2. The average molecular weight is 537 g/mol. The van der Waals surface area contributed by atoms with Gasteiger partial charge in [0.15, 0.2) is 0 Å². The Morgan fingerprint density at radius 3 is 1.43 bits per heavy atom. The second kappa shape index (κ2) is 10.5. The summed E-state index contributed by atoms with van der Waals surface area (Å²) in [4.78, 5) is 5.54. The van der Waals surface area contributed by atoms with Gasteiger partial charge < -0.3 is 9.80 Å². The minimum atomic E-state index is 0.618. The molecule has 2 saturated carbocycles. The van der Waals surface area contributed by atoms with Crippen LogP contribution in [0.4, 0.5) is 0 Å². The molecule has 3 heterocycles. The third-order valence-electron chi connectivity index (χ3n) is 9.50. The predicted octanol–water partition coefficient (Wildman–Crippen LogP) is 7.95. The molecule has 0 amide bonds. The van der Waals surface area contributed by atoms with Crippen molar-refractivity contribution < 1.29 is 15.1 Å². The fourth-order valence-electron chi connectivity index (χ4n) is 7.86. The summed E-state index contributed by atoms with van der Waals surface area (Å²) in [5.41, 5.74) is 9.13. The van der Waals surface area contributed by atoms with Crippen molar-refractivity contribution in [1.82, 2.24) is 9.80 Å². The van der Waals surface area contributed by atoms with Gasteiger partial charge in [-0.25, -0.2) is 0 Å². The number of fused-ring (bicyclic) bond motifs is 6. The van der Waals surface area contributed by atoms with E-state index >= 15 is 0 Å². The van der Waals surface area contributed by atoms with E-state index in [2.05, 4.69) is 90.2 Å². The van der Waals surface area contributed by atoms with Gasteiger partial charge in [-0.2, -0.15) is 6.67 Å². The van der Waals surface area contributed by atoms with Crippen LogP contribution in [0.5, 0.6) is 0 Å². The Labute approximate surface area is 224 Å². The second-order valence-electron chi connectivity index (χ2n) is 11.3. The van der Waals surface area contributed by atoms with Crippen LogP contribution in [-0.2, 0) is 27.9 Å². The summed E-state index contributed by atoms with van der Waals surface area (Å²) in [7, 11) is 4.20. The third kappa shape index (κ3) is 4.26. The minimum absolute atomic E-state index is 0.618. The first-order valence-corrected chi connectivity index (χ1v) is 15.1. The van der Waals surface area contributed by atoms with Crippen LogP contribution in [0.1, 0.15) is 86.5 Å². The van der Waals surface area contributed by atoms with Crippen molar-refractivity contribution in [2.24, 2.45) is 11.8 Å². The zero-order valence-corrected chi connectivity index (χ0v) is 22.3. The van der Waals surface area contributed by atoms with E-state index in [0.717, 1.165) is 11.8 Å². The first-order valence-electron chi connectivity index (χ1n) is 13.8. The van der Waals surface area contributed by atoms with E-state index in [4.69, 9.17) is 0 Å². The van der Waals surface area contributed by atoms with Crippen LogP contribution in [0.25, 0.3) is 11.4 Å². The Kier molecular flexibility index (Phi) is 7.20. The predicted molar refractivity (Wildman–Crippen MR) is 142 cm³/mol. The van der Waals surface area contributed by atoms with E-state index in [-0.39, 0.29) is 0 Å². The molecule has 7 rings (SSSR count). The summed E-state index contributed by atoms with van der Waals surface area (Å²) in [6, 6.07) is 19.9. The maximum atomic E-state index is 4.20. The number of halogens is 1. The van der Waals surface area contributed by atoms with Gasteiger partial charge in [-0.3, -0.25) is 0 Å². The molecule has 3 aliphatic heterocycles. The Bertz CT molecular complexity index is 986. The Balaban J connectivity index is 0.00000112. The minimum Gasteiger partial charge on any atom is -0.498 e. The van der Waals surface area contributed by atoms with E-state index in [1.807, 2.05) is 0 Å². The quantitative estimate of drug-likeness (QED) is 0.284. The number of hydrogen-bond acceptors (Lipinski definition) is 2. The Hall–Kier alpha value is -1.41. The number of hydrogen-bond donors (Lipinski definition) is 0. The molecule has 2 atom stereocenters. The summed E-state index contributed by atoms with van der Waals surface area (Å²) in [5, 5.41) is 0. The van der Waals surface area contributed by atoms with Crippen LogP contribution < -0.4 is 0 Å². The molecule has 0 aromatic heterocycles. The molecule has 2 aromatic rings. The molecule has 2 aromatic carbocycles. The summed E-state index contributed by atoms with van der Waals surface area (Å²) in [6.45, 7) is 2.59. The van der Waals surface area contributed by atoms with Crippen LogP contribution in [0.2, 0.25) is 0 Å². The Morgan fingerprint density at radius 1 is 0.600 bits per heavy atom. The van der Waals surface area contributed by atoms with Gasteiger partial charge >= 0.3 is 25.2 Å². The maximum Gasteiger partial charge on any atom is 0.0384 e. The molecule has 0 spiro atoms. The molecule has 0 saturated heterocycles. The molecule has 5 aliphatic rings. The molecule has 0 unspecified atom stereocenters. The summed E-state index contributed by atoms with van der Waals surface area (Å²) in [5.74, 6) is 1.65. The molecule has 0 N–H and O–H groups in total. The van der Waals surface area contributed by atoms with Crippen molar-refractivity contribution >= 4 is 21.5 Å². The van der Waals surface area contributed by atoms with Crippen molar-refractivity contribution in [3.05, 3.63) is 77.5 Å². The van der Waals surface area contributed by atoms with Crippen molar-refractivity contribution in [3.63, 3.8) is 0 Å². The van der Waals surface area contributed by atoms with Gasteiger partial charge in [0, 0.05) is 34.6 Å². The van der Waals surface area contributed by atoms with Crippen molar-refractivity contribution in [1.29, 1.82) is 0 Å². The summed E-state index contributed by atoms with van der Waals surface area (Å²) < 4.78 is 0. The number of benzene rings is 2. The summed E-state index contributed by atoms with van der Waals surface area (Å²) in [6.07, 6.45) is 16.6. The monoisotopic (exact) mass is 535 g/mol. The molecular formula is C31H37ClCuN2. The van der Waals surface area contributed by atoms with E-state index in [1.165, 1.54) is 99.6 Å². The molecule has 35 heavy (non-hydrogen) atoms. The van der Waals surface area contributed by atoms with Crippen LogP contribution in [0, 0.1) is 18.5 Å². The van der Waals surface area contributed by atoms with Gasteiger partial charge in [0.2, 0.25) is 0 Å².